The molecule has 0 saturated heterocycles. The maximum Gasteiger partial charge on any atom is 0.309 e. The van der Waals surface area contributed by atoms with Gasteiger partial charge in [-0.1, -0.05) is 47.5 Å². The van der Waals surface area contributed by atoms with Gasteiger partial charge in [0.15, 0.2) is 0 Å². The zero-order valence-electron chi connectivity index (χ0n) is 14.6. The largest absolute Gasteiger partial charge is 0.462 e. The van der Waals surface area contributed by atoms with Crippen LogP contribution in [0.2, 0.25) is 0 Å². The van der Waals surface area contributed by atoms with Crippen LogP contribution in [0.4, 0.5) is 0 Å². The van der Waals surface area contributed by atoms with Crippen molar-refractivity contribution in [3.05, 3.63) is 0 Å². The lowest BCUT2D eigenvalue weighted by atomic mass is 9.88. The lowest BCUT2D eigenvalue weighted by Crippen LogP contribution is -2.27. The van der Waals surface area contributed by atoms with E-state index in [9.17, 15) is 9.59 Å². The topological polar surface area (TPSA) is 43.4 Å². The molecule has 2 fully saturated rings. The monoisotopic (exact) mass is 298 g/mol. The molecule has 0 aromatic rings. The van der Waals surface area contributed by atoms with Crippen molar-refractivity contribution < 1.29 is 14.3 Å². The first kappa shape index (κ1) is 20.1. The Morgan fingerprint density at radius 1 is 1.19 bits per heavy atom. The fourth-order valence-corrected chi connectivity index (χ4v) is 2.76. The molecule has 0 aromatic heterocycles. The molecule has 0 aromatic carbocycles. The summed E-state index contributed by atoms with van der Waals surface area (Å²) in [5, 5.41) is 0. The van der Waals surface area contributed by atoms with E-state index in [4.69, 9.17) is 4.74 Å². The highest BCUT2D eigenvalue weighted by atomic mass is 16.5. The van der Waals surface area contributed by atoms with E-state index in [1.807, 2.05) is 13.8 Å². The van der Waals surface area contributed by atoms with Crippen LogP contribution >= 0.6 is 0 Å². The standard InChI is InChI=1S/C13H20O3.C3H8.C2H6/c1-9-3-2-4-12(7-9)16-13(15)10-5-6-11(14)8-10;1-3-2;1-2/h9-10,12H,2-8H2,1H3;3H2,1-2H3;1-2H3. The molecule has 2 aliphatic rings. The van der Waals surface area contributed by atoms with Gasteiger partial charge in [-0.05, 0) is 31.6 Å². The summed E-state index contributed by atoms with van der Waals surface area (Å²) in [4.78, 5) is 22.9. The minimum atomic E-state index is -0.148. The van der Waals surface area contributed by atoms with Crippen LogP contribution in [0, 0.1) is 11.8 Å². The van der Waals surface area contributed by atoms with Gasteiger partial charge in [-0.25, -0.2) is 0 Å². The van der Waals surface area contributed by atoms with Gasteiger partial charge < -0.3 is 4.74 Å². The molecule has 3 atom stereocenters. The number of ether oxygens (including phenoxy) is 1. The zero-order valence-corrected chi connectivity index (χ0v) is 14.6. The second-order valence-corrected chi connectivity index (χ2v) is 6.02. The van der Waals surface area contributed by atoms with Gasteiger partial charge in [0, 0.05) is 12.8 Å². The van der Waals surface area contributed by atoms with Gasteiger partial charge in [0.1, 0.15) is 11.9 Å². The highest BCUT2D eigenvalue weighted by Crippen LogP contribution is 2.29. The summed E-state index contributed by atoms with van der Waals surface area (Å²) < 4.78 is 5.50. The van der Waals surface area contributed by atoms with Crippen LogP contribution in [-0.4, -0.2) is 17.9 Å². The summed E-state index contributed by atoms with van der Waals surface area (Å²) in [5.41, 5.74) is 0. The van der Waals surface area contributed by atoms with Crippen molar-refractivity contribution in [2.75, 3.05) is 0 Å². The molecule has 0 heterocycles. The average molecular weight is 298 g/mol. The van der Waals surface area contributed by atoms with E-state index in [1.54, 1.807) is 0 Å². The molecule has 0 radical (unpaired) electrons. The van der Waals surface area contributed by atoms with Gasteiger partial charge in [-0.15, -0.1) is 0 Å². The highest BCUT2D eigenvalue weighted by molar-refractivity contribution is 5.87. The molecular formula is C18H34O3. The van der Waals surface area contributed by atoms with E-state index in [1.165, 1.54) is 12.8 Å². The molecule has 3 unspecified atom stereocenters. The molecule has 3 nitrogen and oxygen atoms in total. The van der Waals surface area contributed by atoms with Crippen LogP contribution < -0.4 is 0 Å². The predicted molar refractivity (Wildman–Crippen MR) is 87.2 cm³/mol. The SMILES string of the molecule is CC.CC1CCCC(OC(=O)C2CCC(=O)C2)C1.CCC. The zero-order chi connectivity index (χ0) is 16.3. The summed E-state index contributed by atoms with van der Waals surface area (Å²) in [7, 11) is 0. The fourth-order valence-electron chi connectivity index (χ4n) is 2.76. The smallest absolute Gasteiger partial charge is 0.309 e. The van der Waals surface area contributed by atoms with Gasteiger partial charge in [-0.3, -0.25) is 9.59 Å². The van der Waals surface area contributed by atoms with E-state index >= 15 is 0 Å². The van der Waals surface area contributed by atoms with E-state index in [2.05, 4.69) is 20.8 Å². The lowest BCUT2D eigenvalue weighted by molar-refractivity contribution is -0.156. The Kier molecular flexibility index (Phi) is 11.3. The van der Waals surface area contributed by atoms with Crippen molar-refractivity contribution in [1.29, 1.82) is 0 Å². The average Bonchev–Trinajstić information content (AvgIpc) is 2.89. The van der Waals surface area contributed by atoms with Gasteiger partial charge >= 0.3 is 5.97 Å². The molecule has 21 heavy (non-hydrogen) atoms. The predicted octanol–water partition coefficient (Wildman–Crippen LogP) is 4.92. The molecule has 0 N–H and O–H groups in total. The number of carbonyl (C=O) groups is 2. The van der Waals surface area contributed by atoms with Gasteiger partial charge in [-0.2, -0.15) is 0 Å². The van der Waals surface area contributed by atoms with Crippen molar-refractivity contribution in [2.24, 2.45) is 11.8 Å². The Morgan fingerprint density at radius 3 is 2.29 bits per heavy atom. The summed E-state index contributed by atoms with van der Waals surface area (Å²) in [6, 6.07) is 0. The number of hydrogen-bond acceptors (Lipinski definition) is 3. The van der Waals surface area contributed by atoms with Crippen molar-refractivity contribution in [3.8, 4) is 0 Å². The first-order valence-corrected chi connectivity index (χ1v) is 8.78. The Bertz CT molecular complexity index is 299. The summed E-state index contributed by atoms with van der Waals surface area (Å²) in [6.07, 6.45) is 7.40. The molecule has 2 rings (SSSR count). The van der Waals surface area contributed by atoms with Gasteiger partial charge in [0.05, 0.1) is 5.92 Å². The molecule has 0 bridgehead atoms. The number of Topliss-reactive ketones (excluding diaryl/α,β-unsaturated/α-hetero) is 1. The van der Waals surface area contributed by atoms with Crippen LogP contribution in [0.15, 0.2) is 0 Å². The van der Waals surface area contributed by atoms with Crippen LogP contribution in [0.3, 0.4) is 0 Å². The summed E-state index contributed by atoms with van der Waals surface area (Å²) in [6.45, 7) is 10.5. The normalized spacial score (nSPS) is 27.9. The second-order valence-electron chi connectivity index (χ2n) is 6.02. The second kappa shape index (κ2) is 11.8. The van der Waals surface area contributed by atoms with Crippen molar-refractivity contribution in [1.82, 2.24) is 0 Å². The molecule has 124 valence electrons. The summed E-state index contributed by atoms with van der Waals surface area (Å²) in [5.74, 6) is 0.588. The molecular weight excluding hydrogens is 264 g/mol. The molecule has 0 aliphatic heterocycles. The van der Waals surface area contributed by atoms with E-state index in [-0.39, 0.29) is 23.8 Å². The maximum atomic E-state index is 11.8. The number of ketones is 1. The Morgan fingerprint density at radius 2 is 1.81 bits per heavy atom. The third-order valence-electron chi connectivity index (χ3n) is 3.75. The molecule has 0 amide bonds. The Hall–Kier alpha value is -0.860. The number of hydrogen-bond donors (Lipinski definition) is 0. The van der Waals surface area contributed by atoms with Crippen molar-refractivity contribution in [3.63, 3.8) is 0 Å². The minimum Gasteiger partial charge on any atom is -0.462 e. The lowest BCUT2D eigenvalue weighted by Gasteiger charge is -2.27. The number of carbonyl (C=O) groups excluding carboxylic acids is 2. The molecule has 2 saturated carbocycles. The first-order chi connectivity index (χ1) is 10.1. The van der Waals surface area contributed by atoms with E-state index < -0.39 is 0 Å². The van der Waals surface area contributed by atoms with Crippen molar-refractivity contribution >= 4 is 11.8 Å². The molecule has 3 heteroatoms. The third kappa shape index (κ3) is 8.23. The van der Waals surface area contributed by atoms with Gasteiger partial charge in [0.25, 0.3) is 0 Å². The van der Waals surface area contributed by atoms with Gasteiger partial charge in [0.2, 0.25) is 0 Å². The van der Waals surface area contributed by atoms with Crippen LogP contribution in [-0.2, 0) is 14.3 Å². The Labute approximate surface area is 130 Å². The number of esters is 1. The van der Waals surface area contributed by atoms with Crippen LogP contribution in [0.25, 0.3) is 0 Å². The molecule has 2 aliphatic carbocycles. The fraction of sp³-hybridized carbons (Fsp3) is 0.889. The third-order valence-corrected chi connectivity index (χ3v) is 3.75. The Balaban J connectivity index is 0.000000713. The minimum absolute atomic E-state index is 0.104. The first-order valence-electron chi connectivity index (χ1n) is 8.78. The van der Waals surface area contributed by atoms with Crippen LogP contribution in [0.1, 0.15) is 86.0 Å². The van der Waals surface area contributed by atoms with Crippen LogP contribution in [0.5, 0.6) is 0 Å². The number of rotatable bonds is 2. The van der Waals surface area contributed by atoms with E-state index in [0.29, 0.717) is 25.2 Å². The van der Waals surface area contributed by atoms with E-state index in [0.717, 1.165) is 19.3 Å². The summed E-state index contributed by atoms with van der Waals surface area (Å²) >= 11 is 0. The van der Waals surface area contributed by atoms with Crippen molar-refractivity contribution in [2.45, 2.75) is 92.1 Å². The maximum absolute atomic E-state index is 11.8. The molecule has 0 spiro atoms. The quantitative estimate of drug-likeness (QED) is 0.680. The highest BCUT2D eigenvalue weighted by Gasteiger charge is 2.31.